The summed E-state index contributed by atoms with van der Waals surface area (Å²) >= 11 is 0. The molecule has 26 heavy (non-hydrogen) atoms. The van der Waals surface area contributed by atoms with Crippen molar-refractivity contribution in [1.29, 1.82) is 0 Å². The highest BCUT2D eigenvalue weighted by Gasteiger charge is 2.45. The molecule has 0 saturated heterocycles. The van der Waals surface area contributed by atoms with Crippen LogP contribution in [0.25, 0.3) is 0 Å². The van der Waals surface area contributed by atoms with Gasteiger partial charge in [-0.25, -0.2) is 13.2 Å². The van der Waals surface area contributed by atoms with Crippen LogP contribution in [0.3, 0.4) is 0 Å². The fraction of sp³-hybridized carbons (Fsp3) is 1.00. The number of rotatable bonds is 2. The molecule has 0 aromatic rings. The van der Waals surface area contributed by atoms with E-state index < -0.39 is 18.5 Å². The van der Waals surface area contributed by atoms with Gasteiger partial charge in [0.1, 0.15) is 12.3 Å². The van der Waals surface area contributed by atoms with Gasteiger partial charge in [0.15, 0.2) is 6.17 Å². The average Bonchev–Trinajstić information content (AvgIpc) is 2.65. The predicted octanol–water partition coefficient (Wildman–Crippen LogP) is 5.79. The fourth-order valence-corrected chi connectivity index (χ4v) is 6.94. The van der Waals surface area contributed by atoms with Gasteiger partial charge in [0.05, 0.1) is 6.10 Å². The number of halogens is 3. The normalized spacial score (nSPS) is 53.1. The van der Waals surface area contributed by atoms with Crippen molar-refractivity contribution in [2.45, 2.75) is 102 Å². The van der Waals surface area contributed by atoms with Crippen LogP contribution >= 0.6 is 0 Å². The minimum atomic E-state index is -1.90. The predicted molar refractivity (Wildman–Crippen MR) is 97.0 cm³/mol. The van der Waals surface area contributed by atoms with Crippen LogP contribution in [0.15, 0.2) is 0 Å². The van der Waals surface area contributed by atoms with Gasteiger partial charge >= 0.3 is 0 Å². The Bertz CT molecular complexity index is 452. The van der Waals surface area contributed by atoms with Crippen molar-refractivity contribution < 1.29 is 18.3 Å². The Hall–Kier alpha value is -0.250. The van der Waals surface area contributed by atoms with Gasteiger partial charge in [-0.3, -0.25) is 0 Å². The molecule has 0 bridgehead atoms. The molecule has 4 rings (SSSR count). The van der Waals surface area contributed by atoms with E-state index in [4.69, 9.17) is 0 Å². The zero-order valence-electron chi connectivity index (χ0n) is 15.8. The first-order valence-corrected chi connectivity index (χ1v) is 11.1. The lowest BCUT2D eigenvalue weighted by molar-refractivity contribution is -0.0200. The molecule has 4 saturated carbocycles. The highest BCUT2D eigenvalue weighted by atomic mass is 19.2. The molecule has 0 aliphatic heterocycles. The first-order chi connectivity index (χ1) is 12.5. The topological polar surface area (TPSA) is 20.2 Å². The molecule has 0 spiro atoms. The van der Waals surface area contributed by atoms with E-state index in [-0.39, 0.29) is 24.9 Å². The summed E-state index contributed by atoms with van der Waals surface area (Å²) in [5.41, 5.74) is 0. The lowest BCUT2D eigenvalue weighted by Crippen LogP contribution is -2.42. The van der Waals surface area contributed by atoms with E-state index in [1.54, 1.807) is 0 Å². The van der Waals surface area contributed by atoms with Gasteiger partial charge in [-0.05, 0) is 113 Å². The van der Waals surface area contributed by atoms with Crippen LogP contribution in [-0.4, -0.2) is 29.7 Å². The van der Waals surface area contributed by atoms with Crippen LogP contribution in [0, 0.1) is 35.5 Å². The molecule has 1 nitrogen and oxygen atoms in total. The largest absolute Gasteiger partial charge is 0.393 e. The van der Waals surface area contributed by atoms with Crippen molar-refractivity contribution in [2.24, 2.45) is 35.5 Å². The molecule has 4 fully saturated rings. The van der Waals surface area contributed by atoms with Gasteiger partial charge in [0.25, 0.3) is 0 Å². The summed E-state index contributed by atoms with van der Waals surface area (Å²) in [5, 5.41) is 9.74. The van der Waals surface area contributed by atoms with E-state index in [9.17, 15) is 18.3 Å². The Kier molecular flexibility index (Phi) is 5.88. The molecule has 1 N–H and O–H groups in total. The zero-order valence-corrected chi connectivity index (χ0v) is 15.8. The van der Waals surface area contributed by atoms with Crippen molar-refractivity contribution in [1.82, 2.24) is 0 Å². The highest BCUT2D eigenvalue weighted by Crippen LogP contribution is 2.51. The number of aliphatic hydroxyl groups excluding tert-OH is 1. The quantitative estimate of drug-likeness (QED) is 0.650. The van der Waals surface area contributed by atoms with Crippen molar-refractivity contribution >= 4 is 0 Å². The maximum Gasteiger partial charge on any atom is 0.162 e. The van der Waals surface area contributed by atoms with Gasteiger partial charge in [-0.2, -0.15) is 0 Å². The number of hydrogen-bond donors (Lipinski definition) is 1. The molecule has 4 aliphatic rings. The van der Waals surface area contributed by atoms with Crippen molar-refractivity contribution in [3.05, 3.63) is 0 Å². The molecule has 0 aromatic carbocycles. The molecule has 4 aliphatic carbocycles. The molecule has 0 aromatic heterocycles. The number of alkyl halides is 3. The van der Waals surface area contributed by atoms with E-state index in [1.807, 2.05) is 0 Å². The molecule has 0 amide bonds. The third-order valence-corrected chi connectivity index (χ3v) is 8.52. The van der Waals surface area contributed by atoms with E-state index in [0.717, 1.165) is 49.4 Å². The summed E-state index contributed by atoms with van der Waals surface area (Å²) in [6, 6.07) is 0. The first-order valence-electron chi connectivity index (χ1n) is 11.1. The van der Waals surface area contributed by atoms with Crippen LogP contribution in [0.1, 0.15) is 77.0 Å². The average molecular weight is 373 g/mol. The summed E-state index contributed by atoms with van der Waals surface area (Å²) in [7, 11) is 0. The summed E-state index contributed by atoms with van der Waals surface area (Å²) in [4.78, 5) is 0. The van der Waals surface area contributed by atoms with Crippen molar-refractivity contribution in [3.8, 4) is 0 Å². The lowest BCUT2D eigenvalue weighted by atomic mass is 9.59. The van der Waals surface area contributed by atoms with Crippen LogP contribution < -0.4 is 0 Å². The summed E-state index contributed by atoms with van der Waals surface area (Å²) in [6.07, 6.45) is 6.91. The smallest absolute Gasteiger partial charge is 0.162 e. The summed E-state index contributed by atoms with van der Waals surface area (Å²) < 4.78 is 41.1. The van der Waals surface area contributed by atoms with E-state index in [2.05, 4.69) is 0 Å². The molecule has 0 heterocycles. The second-order valence-corrected chi connectivity index (χ2v) is 9.94. The molecular formula is C22H35F3O. The van der Waals surface area contributed by atoms with Crippen molar-refractivity contribution in [2.75, 3.05) is 0 Å². The summed E-state index contributed by atoms with van der Waals surface area (Å²) in [5.74, 6) is 3.59. The van der Waals surface area contributed by atoms with Crippen molar-refractivity contribution in [3.63, 3.8) is 0 Å². The van der Waals surface area contributed by atoms with Gasteiger partial charge in [0, 0.05) is 0 Å². The third-order valence-electron chi connectivity index (χ3n) is 8.52. The molecule has 6 atom stereocenters. The van der Waals surface area contributed by atoms with Gasteiger partial charge in [-0.1, -0.05) is 0 Å². The minimum absolute atomic E-state index is 0.0468. The van der Waals surface area contributed by atoms with Gasteiger partial charge < -0.3 is 5.11 Å². The first kappa shape index (κ1) is 19.1. The number of hydrogen-bond acceptors (Lipinski definition) is 1. The standard InChI is InChI=1S/C22H35F3O/c23-20-11-18(12-21(24)22(20)25)17-4-3-15-9-14(1-2-16(15)10-17)13-5-7-19(26)8-6-13/h13-22,26H,1-12H2. The second kappa shape index (κ2) is 8.01. The number of aliphatic hydroxyl groups is 1. The lowest BCUT2D eigenvalue weighted by Gasteiger charge is -2.47. The maximum absolute atomic E-state index is 13.8. The fourth-order valence-electron chi connectivity index (χ4n) is 6.94. The monoisotopic (exact) mass is 372 g/mol. The zero-order chi connectivity index (χ0) is 18.3. The SMILES string of the molecule is OC1CCC(C2CCC3CC(C4CC(F)C(F)C(F)C4)CCC3C2)CC1. The van der Waals surface area contributed by atoms with Crippen LogP contribution in [-0.2, 0) is 0 Å². The molecule has 150 valence electrons. The molecular weight excluding hydrogens is 337 g/mol. The van der Waals surface area contributed by atoms with Crippen LogP contribution in [0.5, 0.6) is 0 Å². The maximum atomic E-state index is 13.8. The molecule has 6 unspecified atom stereocenters. The second-order valence-electron chi connectivity index (χ2n) is 9.94. The third kappa shape index (κ3) is 3.95. The van der Waals surface area contributed by atoms with Gasteiger partial charge in [-0.15, -0.1) is 0 Å². The molecule has 4 heteroatoms. The van der Waals surface area contributed by atoms with E-state index >= 15 is 0 Å². The Labute approximate surface area is 156 Å². The van der Waals surface area contributed by atoms with E-state index in [1.165, 1.54) is 38.5 Å². The van der Waals surface area contributed by atoms with E-state index in [0.29, 0.717) is 5.92 Å². The Balaban J connectivity index is 1.30. The Morgan fingerprint density at radius 1 is 0.462 bits per heavy atom. The highest BCUT2D eigenvalue weighted by molar-refractivity contribution is 4.94. The van der Waals surface area contributed by atoms with Crippen LogP contribution in [0.4, 0.5) is 13.2 Å². The summed E-state index contributed by atoms with van der Waals surface area (Å²) in [6.45, 7) is 0. The van der Waals surface area contributed by atoms with Gasteiger partial charge in [0.2, 0.25) is 0 Å². The minimum Gasteiger partial charge on any atom is -0.393 e. The van der Waals surface area contributed by atoms with Crippen LogP contribution in [0.2, 0.25) is 0 Å². The molecule has 0 radical (unpaired) electrons. The Morgan fingerprint density at radius 2 is 0.846 bits per heavy atom. The Morgan fingerprint density at radius 3 is 1.35 bits per heavy atom. The number of fused-ring (bicyclic) bond motifs is 1.